The van der Waals surface area contributed by atoms with Crippen LogP contribution in [0.4, 0.5) is 0 Å². The third-order valence-corrected chi connectivity index (χ3v) is 2.58. The van der Waals surface area contributed by atoms with Crippen LogP contribution < -0.4 is 0 Å². The van der Waals surface area contributed by atoms with Gasteiger partial charge in [0.25, 0.3) is 0 Å². The molecule has 0 fully saturated rings. The van der Waals surface area contributed by atoms with Crippen LogP contribution >= 0.6 is 15.9 Å². The molecule has 0 aromatic heterocycles. The average Bonchev–Trinajstić information content (AvgIpc) is 2.16. The zero-order chi connectivity index (χ0) is 11.4. The van der Waals surface area contributed by atoms with Crippen LogP contribution in [-0.2, 0) is 11.2 Å². The van der Waals surface area contributed by atoms with Crippen LogP contribution in [0.25, 0.3) is 0 Å². The van der Waals surface area contributed by atoms with Crippen LogP contribution in [0.1, 0.15) is 22.3 Å². The number of hydrogen-bond donors (Lipinski definition) is 2. The SMILES string of the molecule is O=C(O)CCc1ccc(Br)c(C(=O)O)c1. The maximum Gasteiger partial charge on any atom is 0.336 e. The van der Waals surface area contributed by atoms with Gasteiger partial charge in [-0.25, -0.2) is 4.79 Å². The molecule has 15 heavy (non-hydrogen) atoms. The molecule has 2 N–H and O–H groups in total. The Morgan fingerprint density at radius 3 is 2.47 bits per heavy atom. The molecule has 0 amide bonds. The van der Waals surface area contributed by atoms with Crippen molar-refractivity contribution in [3.05, 3.63) is 33.8 Å². The highest BCUT2D eigenvalue weighted by Crippen LogP contribution is 2.19. The number of aryl methyl sites for hydroxylation is 1. The van der Waals surface area contributed by atoms with Gasteiger partial charge in [-0.15, -0.1) is 0 Å². The average molecular weight is 273 g/mol. The van der Waals surface area contributed by atoms with E-state index in [1.807, 2.05) is 0 Å². The first-order valence-electron chi connectivity index (χ1n) is 4.24. The molecule has 4 nitrogen and oxygen atoms in total. The summed E-state index contributed by atoms with van der Waals surface area (Å²) in [7, 11) is 0. The van der Waals surface area contributed by atoms with Gasteiger partial charge in [0.15, 0.2) is 0 Å². The van der Waals surface area contributed by atoms with Gasteiger partial charge in [-0.3, -0.25) is 4.79 Å². The van der Waals surface area contributed by atoms with E-state index in [0.29, 0.717) is 16.5 Å². The highest BCUT2D eigenvalue weighted by Gasteiger charge is 2.09. The van der Waals surface area contributed by atoms with Crippen LogP contribution in [0.3, 0.4) is 0 Å². The Hall–Kier alpha value is -1.36. The van der Waals surface area contributed by atoms with Crippen molar-refractivity contribution in [2.24, 2.45) is 0 Å². The first kappa shape index (κ1) is 11.7. The molecule has 1 aromatic carbocycles. The van der Waals surface area contributed by atoms with E-state index in [0.717, 1.165) is 0 Å². The minimum atomic E-state index is -1.03. The lowest BCUT2D eigenvalue weighted by Crippen LogP contribution is -2.01. The molecule has 0 radical (unpaired) electrons. The maximum atomic E-state index is 10.8. The third-order valence-electron chi connectivity index (χ3n) is 1.89. The first-order chi connectivity index (χ1) is 7.00. The fourth-order valence-corrected chi connectivity index (χ4v) is 1.56. The van der Waals surface area contributed by atoms with Crippen molar-refractivity contribution in [2.75, 3.05) is 0 Å². The fourth-order valence-electron chi connectivity index (χ4n) is 1.14. The van der Waals surface area contributed by atoms with Crippen molar-refractivity contribution >= 4 is 27.9 Å². The monoisotopic (exact) mass is 272 g/mol. The summed E-state index contributed by atoms with van der Waals surface area (Å²) in [6, 6.07) is 4.80. The summed E-state index contributed by atoms with van der Waals surface area (Å²) in [5.74, 6) is -1.92. The van der Waals surface area contributed by atoms with E-state index in [1.54, 1.807) is 12.1 Å². The smallest absolute Gasteiger partial charge is 0.336 e. The summed E-state index contributed by atoms with van der Waals surface area (Å²) in [6.45, 7) is 0. The molecule has 1 aromatic rings. The molecule has 1 rings (SSSR count). The van der Waals surface area contributed by atoms with Gasteiger partial charge < -0.3 is 10.2 Å². The zero-order valence-electron chi connectivity index (χ0n) is 7.74. The number of rotatable bonds is 4. The molecule has 0 spiro atoms. The second-order valence-corrected chi connectivity index (χ2v) is 3.87. The highest BCUT2D eigenvalue weighted by molar-refractivity contribution is 9.10. The molecule has 0 aliphatic carbocycles. The number of aromatic carboxylic acids is 1. The van der Waals surface area contributed by atoms with E-state index in [2.05, 4.69) is 15.9 Å². The largest absolute Gasteiger partial charge is 0.481 e. The van der Waals surface area contributed by atoms with Gasteiger partial charge in [-0.05, 0) is 40.0 Å². The lowest BCUT2D eigenvalue weighted by molar-refractivity contribution is -0.136. The number of carbonyl (C=O) groups is 2. The molecule has 0 bridgehead atoms. The second-order valence-electron chi connectivity index (χ2n) is 3.01. The number of halogens is 1. The number of carboxylic acid groups (broad SMARTS) is 2. The van der Waals surface area contributed by atoms with Crippen LogP contribution in [0, 0.1) is 0 Å². The molecule has 80 valence electrons. The predicted molar refractivity (Wildman–Crippen MR) is 57.1 cm³/mol. The minimum absolute atomic E-state index is 0.000686. The van der Waals surface area contributed by atoms with E-state index >= 15 is 0 Å². The normalized spacial score (nSPS) is 9.93. The summed E-state index contributed by atoms with van der Waals surface area (Å²) >= 11 is 3.11. The summed E-state index contributed by atoms with van der Waals surface area (Å²) in [5.41, 5.74) is 0.857. The quantitative estimate of drug-likeness (QED) is 0.881. The van der Waals surface area contributed by atoms with E-state index in [9.17, 15) is 9.59 Å². The molecule has 5 heteroatoms. The topological polar surface area (TPSA) is 74.6 Å². The second kappa shape index (κ2) is 4.93. The zero-order valence-corrected chi connectivity index (χ0v) is 9.32. The molecular formula is C10H9BrO4. The Balaban J connectivity index is 2.87. The lowest BCUT2D eigenvalue weighted by atomic mass is 10.1. The van der Waals surface area contributed by atoms with Crippen molar-refractivity contribution < 1.29 is 19.8 Å². The van der Waals surface area contributed by atoms with Crippen molar-refractivity contribution in [3.8, 4) is 0 Å². The van der Waals surface area contributed by atoms with Gasteiger partial charge in [-0.2, -0.15) is 0 Å². The van der Waals surface area contributed by atoms with Crippen molar-refractivity contribution in [1.29, 1.82) is 0 Å². The number of aliphatic carboxylic acids is 1. The maximum absolute atomic E-state index is 10.8. The standard InChI is InChI=1S/C10H9BrO4/c11-8-3-1-6(2-4-9(12)13)5-7(8)10(14)15/h1,3,5H,2,4H2,(H,12,13)(H,14,15). The molecule has 0 aliphatic heterocycles. The first-order valence-corrected chi connectivity index (χ1v) is 5.03. The Bertz CT molecular complexity index is 400. The number of carboxylic acids is 2. The molecule has 0 saturated heterocycles. The summed E-state index contributed by atoms with van der Waals surface area (Å²) in [5, 5.41) is 17.3. The molecule has 0 aliphatic rings. The van der Waals surface area contributed by atoms with Gasteiger partial charge in [0.05, 0.1) is 5.56 Å². The van der Waals surface area contributed by atoms with Crippen molar-refractivity contribution in [1.82, 2.24) is 0 Å². The summed E-state index contributed by atoms with van der Waals surface area (Å²) in [4.78, 5) is 21.1. The van der Waals surface area contributed by atoms with E-state index in [1.165, 1.54) is 6.07 Å². The van der Waals surface area contributed by atoms with Crippen LogP contribution in [0.15, 0.2) is 22.7 Å². The summed E-state index contributed by atoms with van der Waals surface area (Å²) in [6.07, 6.45) is 0.337. The van der Waals surface area contributed by atoms with Gasteiger partial charge in [-0.1, -0.05) is 6.07 Å². The van der Waals surface area contributed by atoms with Gasteiger partial charge in [0.2, 0.25) is 0 Å². The van der Waals surface area contributed by atoms with E-state index < -0.39 is 11.9 Å². The van der Waals surface area contributed by atoms with Crippen molar-refractivity contribution in [2.45, 2.75) is 12.8 Å². The predicted octanol–water partition coefficient (Wildman–Crippen LogP) is 2.16. The Morgan fingerprint density at radius 1 is 1.27 bits per heavy atom. The van der Waals surface area contributed by atoms with Gasteiger partial charge >= 0.3 is 11.9 Å². The van der Waals surface area contributed by atoms with Crippen LogP contribution in [-0.4, -0.2) is 22.2 Å². The fraction of sp³-hybridized carbons (Fsp3) is 0.200. The lowest BCUT2D eigenvalue weighted by Gasteiger charge is -2.03. The summed E-state index contributed by atoms with van der Waals surface area (Å²) < 4.78 is 0.495. The molecule has 0 atom stereocenters. The molecule has 0 heterocycles. The number of hydrogen-bond acceptors (Lipinski definition) is 2. The van der Waals surface area contributed by atoms with E-state index in [-0.39, 0.29) is 12.0 Å². The molecular weight excluding hydrogens is 264 g/mol. The van der Waals surface area contributed by atoms with E-state index in [4.69, 9.17) is 10.2 Å². The Morgan fingerprint density at radius 2 is 1.93 bits per heavy atom. The third kappa shape index (κ3) is 3.36. The van der Waals surface area contributed by atoms with Crippen LogP contribution in [0.2, 0.25) is 0 Å². The number of benzene rings is 1. The van der Waals surface area contributed by atoms with Gasteiger partial charge in [0, 0.05) is 10.9 Å². The van der Waals surface area contributed by atoms with Crippen molar-refractivity contribution in [3.63, 3.8) is 0 Å². The Labute approximate surface area is 94.7 Å². The Kier molecular flexibility index (Phi) is 3.85. The molecule has 0 saturated carbocycles. The molecule has 0 unspecified atom stereocenters. The van der Waals surface area contributed by atoms with Crippen LogP contribution in [0.5, 0.6) is 0 Å². The van der Waals surface area contributed by atoms with Gasteiger partial charge in [0.1, 0.15) is 0 Å². The minimum Gasteiger partial charge on any atom is -0.481 e. The highest BCUT2D eigenvalue weighted by atomic mass is 79.9.